The summed E-state index contributed by atoms with van der Waals surface area (Å²) in [5, 5.41) is 17.4. The molecule has 0 aliphatic heterocycles. The van der Waals surface area contributed by atoms with Gasteiger partial charge in [0.2, 0.25) is 0 Å². The average molecular weight is 598 g/mol. The van der Waals surface area contributed by atoms with Gasteiger partial charge in [-0.25, -0.2) is 28.0 Å². The molecule has 6 aromatic carbocycles. The van der Waals surface area contributed by atoms with E-state index in [0.29, 0.717) is 0 Å². The van der Waals surface area contributed by atoms with Crippen molar-refractivity contribution in [2.24, 2.45) is 0 Å². The number of hydrogen-bond donors (Lipinski definition) is 1. The molecule has 206 valence electrons. The molecule has 0 saturated heterocycles. The predicted molar refractivity (Wildman–Crippen MR) is 172 cm³/mol. The van der Waals surface area contributed by atoms with Crippen molar-refractivity contribution < 1.29 is 22.2 Å². The first-order chi connectivity index (χ1) is 19.2. The van der Waals surface area contributed by atoms with Gasteiger partial charge in [0.25, 0.3) is 0 Å². The number of aliphatic hydroxyl groups is 1. The molecule has 1 atom stereocenters. The summed E-state index contributed by atoms with van der Waals surface area (Å²) in [5.41, 5.74) is 0.991. The molecule has 0 spiro atoms. The monoisotopic (exact) mass is 598 g/mol. The van der Waals surface area contributed by atoms with Gasteiger partial charge in [-0.1, -0.05) is 143 Å². The van der Waals surface area contributed by atoms with Gasteiger partial charge in [-0.05, 0) is 6.92 Å². The Morgan fingerprint density at radius 1 is 0.525 bits per heavy atom. The van der Waals surface area contributed by atoms with Crippen LogP contribution in [0.4, 0.5) is 0 Å². The molecule has 0 saturated carbocycles. The molecular formula is C36H32FeOP2-6. The van der Waals surface area contributed by atoms with Gasteiger partial charge >= 0.3 is 0 Å². The molecule has 0 bridgehead atoms. The van der Waals surface area contributed by atoms with Gasteiger partial charge in [-0.15, -0.1) is 5.56 Å². The minimum absolute atomic E-state index is 0. The molecule has 1 N–H and O–H groups in total. The van der Waals surface area contributed by atoms with E-state index in [9.17, 15) is 0 Å². The van der Waals surface area contributed by atoms with Crippen molar-refractivity contribution in [2.75, 3.05) is 0 Å². The zero-order chi connectivity index (χ0) is 26.9. The Hall–Kier alpha value is -3.08. The molecule has 0 aliphatic rings. The standard InChI is InChI=1S/C29H23P2.C7H9O.Fe/c1-5-14-24(15-6-1)30(25-16-7-2-8-17-25)28-22-13-23-29(28)31(26-18-9-3-10-19-26)27-20-11-4-12-21-27;1-6(8)7-4-2-3-5-7;/h1-23H;2-6,8H,1H3;/q-5;-1;. The first kappa shape index (κ1) is 29.9. The summed E-state index contributed by atoms with van der Waals surface area (Å²) in [6.45, 7) is 1.76. The Kier molecular flexibility index (Phi) is 11.3. The fourth-order valence-electron chi connectivity index (χ4n) is 4.61. The van der Waals surface area contributed by atoms with Crippen molar-refractivity contribution in [3.05, 3.63) is 169 Å². The number of hydrogen-bond acceptors (Lipinski definition) is 1. The van der Waals surface area contributed by atoms with Crippen LogP contribution in [0, 0.1) is 0 Å². The van der Waals surface area contributed by atoms with E-state index >= 15 is 0 Å². The largest absolute Gasteiger partial charge is 0.747 e. The molecule has 4 heteroatoms. The summed E-state index contributed by atoms with van der Waals surface area (Å²) in [7, 11) is -1.25. The van der Waals surface area contributed by atoms with Crippen LogP contribution in [0.1, 0.15) is 18.6 Å². The molecule has 1 unspecified atom stereocenters. The van der Waals surface area contributed by atoms with Crippen LogP contribution in [-0.2, 0) is 17.1 Å². The van der Waals surface area contributed by atoms with Crippen molar-refractivity contribution >= 4 is 47.7 Å². The Bertz CT molecular complexity index is 1340. The van der Waals surface area contributed by atoms with Crippen molar-refractivity contribution in [1.82, 2.24) is 0 Å². The maximum absolute atomic E-state index is 8.91. The molecule has 0 radical (unpaired) electrons. The van der Waals surface area contributed by atoms with E-state index in [4.69, 9.17) is 5.11 Å². The average Bonchev–Trinajstić information content (AvgIpc) is 3.70. The van der Waals surface area contributed by atoms with Crippen LogP contribution < -0.4 is 31.8 Å². The van der Waals surface area contributed by atoms with Gasteiger partial charge in [0, 0.05) is 23.2 Å². The summed E-state index contributed by atoms with van der Waals surface area (Å²) in [5.74, 6) is 0. The molecular weight excluding hydrogens is 566 g/mol. The van der Waals surface area contributed by atoms with Crippen LogP contribution in [0.5, 0.6) is 0 Å². The first-order valence-electron chi connectivity index (χ1n) is 13.2. The third-order valence-electron chi connectivity index (χ3n) is 6.48. The molecule has 1 nitrogen and oxygen atoms in total. The van der Waals surface area contributed by atoms with Crippen molar-refractivity contribution in [3.63, 3.8) is 0 Å². The summed E-state index contributed by atoms with van der Waals surface area (Å²) in [6, 6.07) is 58.5. The van der Waals surface area contributed by atoms with Gasteiger partial charge in [0.15, 0.2) is 0 Å². The molecule has 0 amide bonds. The minimum Gasteiger partial charge on any atom is -0.747 e. The molecule has 0 fully saturated rings. The van der Waals surface area contributed by atoms with E-state index < -0.39 is 15.8 Å². The van der Waals surface area contributed by atoms with E-state index in [0.717, 1.165) is 5.56 Å². The van der Waals surface area contributed by atoms with Gasteiger partial charge in [-0.3, -0.25) is 0 Å². The second-order valence-corrected chi connectivity index (χ2v) is 13.6. The Labute approximate surface area is 251 Å². The molecule has 6 rings (SSSR count). The van der Waals surface area contributed by atoms with Crippen LogP contribution in [0.25, 0.3) is 0 Å². The van der Waals surface area contributed by atoms with Crippen LogP contribution in [-0.4, -0.2) is 5.11 Å². The maximum Gasteiger partial charge on any atom is 0.0322 e. The summed E-state index contributed by atoms with van der Waals surface area (Å²) < 4.78 is 0. The van der Waals surface area contributed by atoms with Crippen LogP contribution >= 0.6 is 15.8 Å². The fourth-order valence-corrected chi connectivity index (χ4v) is 9.88. The number of benzene rings is 4. The molecule has 40 heavy (non-hydrogen) atoms. The van der Waals surface area contributed by atoms with E-state index in [-0.39, 0.29) is 23.2 Å². The Morgan fingerprint density at radius 2 is 0.825 bits per heavy atom. The van der Waals surface area contributed by atoms with E-state index in [2.05, 4.69) is 140 Å². The normalized spacial score (nSPS) is 11.4. The van der Waals surface area contributed by atoms with Gasteiger partial charge < -0.3 is 33.9 Å². The SMILES string of the molecule is CC(O)[c-]1cccc1.[Fe].c1ccc(P(c2ccccc2)[c-]2[cH-][cH-][cH-][c-]2P(c2ccccc2)c2ccccc2)cc1. The van der Waals surface area contributed by atoms with E-state index in [1.165, 1.54) is 31.8 Å². The zero-order valence-electron chi connectivity index (χ0n) is 22.4. The van der Waals surface area contributed by atoms with Crippen LogP contribution in [0.3, 0.4) is 0 Å². The summed E-state index contributed by atoms with van der Waals surface area (Å²) >= 11 is 0. The topological polar surface area (TPSA) is 20.2 Å². The summed E-state index contributed by atoms with van der Waals surface area (Å²) in [6.07, 6.45) is -0.315. The number of rotatable bonds is 7. The third-order valence-corrected chi connectivity index (χ3v) is 11.7. The summed E-state index contributed by atoms with van der Waals surface area (Å²) in [4.78, 5) is 0. The van der Waals surface area contributed by atoms with Crippen LogP contribution in [0.15, 0.2) is 164 Å². The molecule has 0 heterocycles. The second-order valence-electron chi connectivity index (χ2n) is 9.20. The predicted octanol–water partition coefficient (Wildman–Crippen LogP) is 6.38. The van der Waals surface area contributed by atoms with Crippen molar-refractivity contribution in [2.45, 2.75) is 13.0 Å². The third kappa shape index (κ3) is 7.35. The second kappa shape index (κ2) is 15.1. The van der Waals surface area contributed by atoms with Gasteiger partial charge in [-0.2, -0.15) is 12.1 Å². The minimum atomic E-state index is -0.627. The molecule has 6 aromatic rings. The number of aliphatic hydroxyl groups excluding tert-OH is 1. The zero-order valence-corrected chi connectivity index (χ0v) is 25.3. The van der Waals surface area contributed by atoms with Gasteiger partial charge in [0.05, 0.1) is 0 Å². The maximum atomic E-state index is 8.91. The van der Waals surface area contributed by atoms with Crippen molar-refractivity contribution in [1.29, 1.82) is 0 Å². The molecule has 0 aliphatic carbocycles. The Balaban J connectivity index is 0.000000356. The first-order valence-corrected chi connectivity index (χ1v) is 15.9. The smallest absolute Gasteiger partial charge is 0.0322 e. The van der Waals surface area contributed by atoms with Crippen molar-refractivity contribution in [3.8, 4) is 0 Å². The Morgan fingerprint density at radius 3 is 1.07 bits per heavy atom. The van der Waals surface area contributed by atoms with Crippen LogP contribution in [0.2, 0.25) is 0 Å². The fraction of sp³-hybridized carbons (Fsp3) is 0.0556. The van der Waals surface area contributed by atoms with E-state index in [1.54, 1.807) is 6.92 Å². The van der Waals surface area contributed by atoms with Gasteiger partial charge in [0.1, 0.15) is 0 Å². The van der Waals surface area contributed by atoms with E-state index in [1.807, 2.05) is 24.3 Å². The quantitative estimate of drug-likeness (QED) is 0.129. The molecule has 0 aromatic heterocycles.